The molecule has 2 aromatic rings. The van der Waals surface area contributed by atoms with Gasteiger partial charge in [0.2, 0.25) is 5.95 Å². The molecule has 1 aliphatic heterocycles. The number of hydrogen-bond acceptors (Lipinski definition) is 5. The summed E-state index contributed by atoms with van der Waals surface area (Å²) in [5.41, 5.74) is 0.858. The van der Waals surface area contributed by atoms with Gasteiger partial charge in [-0.05, 0) is 25.1 Å². The Balaban J connectivity index is 1.52. The van der Waals surface area contributed by atoms with Crippen molar-refractivity contribution in [2.75, 3.05) is 31.1 Å². The highest BCUT2D eigenvalue weighted by Crippen LogP contribution is 2.12. The summed E-state index contributed by atoms with van der Waals surface area (Å²) in [6.07, 6.45) is 5.20. The molecule has 0 radical (unpaired) electrons. The zero-order valence-corrected chi connectivity index (χ0v) is 13.1. The van der Waals surface area contributed by atoms with Crippen LogP contribution >= 0.6 is 0 Å². The summed E-state index contributed by atoms with van der Waals surface area (Å²) in [7, 11) is 0. The first-order chi connectivity index (χ1) is 11.2. The first-order valence-corrected chi connectivity index (χ1v) is 7.72. The molecule has 3 rings (SSSR count). The van der Waals surface area contributed by atoms with Crippen LogP contribution in [-0.4, -0.2) is 52.1 Å². The zero-order valence-electron chi connectivity index (χ0n) is 13.1. The van der Waals surface area contributed by atoms with Gasteiger partial charge in [-0.1, -0.05) is 6.07 Å². The lowest BCUT2D eigenvalue weighted by Crippen LogP contribution is -2.52. The van der Waals surface area contributed by atoms with Gasteiger partial charge in [0.05, 0.1) is 11.7 Å². The van der Waals surface area contributed by atoms with Crippen LogP contribution in [0.25, 0.3) is 0 Å². The van der Waals surface area contributed by atoms with Crippen LogP contribution in [0.5, 0.6) is 0 Å². The molecule has 0 bridgehead atoms. The molecule has 0 aromatic carbocycles. The van der Waals surface area contributed by atoms with Crippen LogP contribution in [0.4, 0.5) is 10.7 Å². The molecule has 1 fully saturated rings. The van der Waals surface area contributed by atoms with E-state index < -0.39 is 0 Å². The van der Waals surface area contributed by atoms with Gasteiger partial charge in [0.25, 0.3) is 0 Å². The Morgan fingerprint density at radius 1 is 1.04 bits per heavy atom. The fourth-order valence-electron chi connectivity index (χ4n) is 2.55. The minimum Gasteiger partial charge on any atom is -0.337 e. The summed E-state index contributed by atoms with van der Waals surface area (Å²) in [6.45, 7) is 4.71. The molecule has 1 N–H and O–H groups in total. The van der Waals surface area contributed by atoms with E-state index in [4.69, 9.17) is 0 Å². The van der Waals surface area contributed by atoms with Gasteiger partial charge in [0.1, 0.15) is 0 Å². The van der Waals surface area contributed by atoms with Crippen molar-refractivity contribution in [2.24, 2.45) is 0 Å². The molecule has 1 saturated heterocycles. The molecule has 0 aliphatic carbocycles. The second kappa shape index (κ2) is 7.04. The van der Waals surface area contributed by atoms with Crippen molar-refractivity contribution >= 4 is 12.0 Å². The van der Waals surface area contributed by atoms with Crippen molar-refractivity contribution in [1.82, 2.24) is 25.2 Å². The Bertz CT molecular complexity index is 628. The summed E-state index contributed by atoms with van der Waals surface area (Å²) in [5, 5.41) is 3.00. The second-order valence-corrected chi connectivity index (χ2v) is 5.45. The number of rotatable bonds is 3. The summed E-state index contributed by atoms with van der Waals surface area (Å²) in [5.74, 6) is 0.717. The summed E-state index contributed by atoms with van der Waals surface area (Å²) in [4.78, 5) is 29.0. The second-order valence-electron chi connectivity index (χ2n) is 5.45. The Labute approximate surface area is 135 Å². The van der Waals surface area contributed by atoms with Crippen molar-refractivity contribution in [2.45, 2.75) is 13.0 Å². The molecule has 3 heterocycles. The van der Waals surface area contributed by atoms with Crippen LogP contribution in [0, 0.1) is 0 Å². The highest BCUT2D eigenvalue weighted by Gasteiger charge is 2.23. The first-order valence-electron chi connectivity index (χ1n) is 7.72. The van der Waals surface area contributed by atoms with E-state index in [0.717, 1.165) is 24.7 Å². The summed E-state index contributed by atoms with van der Waals surface area (Å²) >= 11 is 0. The van der Waals surface area contributed by atoms with Crippen LogP contribution in [0.1, 0.15) is 18.7 Å². The zero-order chi connectivity index (χ0) is 16.1. The number of amides is 2. The smallest absolute Gasteiger partial charge is 0.318 e. The van der Waals surface area contributed by atoms with Crippen molar-refractivity contribution < 1.29 is 4.79 Å². The number of nitrogens with one attached hydrogen (secondary N) is 1. The predicted molar refractivity (Wildman–Crippen MR) is 87.0 cm³/mol. The maximum Gasteiger partial charge on any atom is 0.318 e. The average molecular weight is 312 g/mol. The Kier molecular flexibility index (Phi) is 4.65. The van der Waals surface area contributed by atoms with Crippen LogP contribution in [0.2, 0.25) is 0 Å². The number of aromatic nitrogens is 3. The van der Waals surface area contributed by atoms with Gasteiger partial charge < -0.3 is 15.1 Å². The molecule has 120 valence electrons. The lowest BCUT2D eigenvalue weighted by molar-refractivity contribution is 0.190. The predicted octanol–water partition coefficient (Wildman–Crippen LogP) is 1.46. The molecule has 23 heavy (non-hydrogen) atoms. The Morgan fingerprint density at radius 3 is 2.39 bits per heavy atom. The van der Waals surface area contributed by atoms with Gasteiger partial charge in [0.15, 0.2) is 0 Å². The normalized spacial score (nSPS) is 16.0. The fraction of sp³-hybridized carbons (Fsp3) is 0.375. The van der Waals surface area contributed by atoms with E-state index in [-0.39, 0.29) is 12.1 Å². The number of urea groups is 1. The molecule has 0 saturated carbocycles. The van der Waals surface area contributed by atoms with E-state index >= 15 is 0 Å². The molecule has 7 heteroatoms. The Morgan fingerprint density at radius 2 is 1.74 bits per heavy atom. The van der Waals surface area contributed by atoms with Gasteiger partial charge in [-0.15, -0.1) is 0 Å². The third-order valence-corrected chi connectivity index (χ3v) is 3.87. The van der Waals surface area contributed by atoms with E-state index in [1.54, 1.807) is 24.7 Å². The van der Waals surface area contributed by atoms with Crippen molar-refractivity contribution in [3.63, 3.8) is 0 Å². The number of piperazine rings is 1. The summed E-state index contributed by atoms with van der Waals surface area (Å²) < 4.78 is 0. The monoisotopic (exact) mass is 312 g/mol. The molecule has 7 nitrogen and oxygen atoms in total. The van der Waals surface area contributed by atoms with Gasteiger partial charge in [0, 0.05) is 44.8 Å². The van der Waals surface area contributed by atoms with Gasteiger partial charge in [-0.2, -0.15) is 0 Å². The number of carbonyl (C=O) groups is 1. The minimum absolute atomic E-state index is 0.0585. The molecule has 1 aliphatic rings. The third kappa shape index (κ3) is 3.74. The third-order valence-electron chi connectivity index (χ3n) is 3.87. The standard InChI is InChI=1S/C16H20N6O/c1-13(14-5-2-3-6-17-14)20-16(23)22-11-9-21(10-12-22)15-18-7-4-8-19-15/h2-8,13H,9-12H2,1H3,(H,20,23)/t13-/m0/s1. The lowest BCUT2D eigenvalue weighted by Gasteiger charge is -2.35. The van der Waals surface area contributed by atoms with Crippen molar-refractivity contribution in [3.8, 4) is 0 Å². The van der Waals surface area contributed by atoms with E-state index in [9.17, 15) is 4.79 Å². The van der Waals surface area contributed by atoms with Gasteiger partial charge >= 0.3 is 6.03 Å². The largest absolute Gasteiger partial charge is 0.337 e. The number of nitrogens with zero attached hydrogens (tertiary/aromatic N) is 5. The minimum atomic E-state index is -0.112. The molecular weight excluding hydrogens is 292 g/mol. The van der Waals surface area contributed by atoms with E-state index in [0.29, 0.717) is 13.1 Å². The van der Waals surface area contributed by atoms with Gasteiger partial charge in [-0.25, -0.2) is 14.8 Å². The van der Waals surface area contributed by atoms with Crippen molar-refractivity contribution in [1.29, 1.82) is 0 Å². The highest BCUT2D eigenvalue weighted by atomic mass is 16.2. The Hall–Kier alpha value is -2.70. The fourth-order valence-corrected chi connectivity index (χ4v) is 2.55. The molecule has 2 amide bonds. The van der Waals surface area contributed by atoms with E-state index in [1.807, 2.05) is 30.0 Å². The molecule has 1 atom stereocenters. The molecule has 0 spiro atoms. The van der Waals surface area contributed by atoms with Gasteiger partial charge in [-0.3, -0.25) is 4.98 Å². The van der Waals surface area contributed by atoms with Crippen LogP contribution in [0.3, 0.4) is 0 Å². The topological polar surface area (TPSA) is 74.2 Å². The number of anilines is 1. The maximum atomic E-state index is 12.4. The number of carbonyl (C=O) groups excluding carboxylic acids is 1. The first kappa shape index (κ1) is 15.2. The van der Waals surface area contributed by atoms with E-state index in [1.165, 1.54) is 0 Å². The number of hydrogen-bond donors (Lipinski definition) is 1. The SMILES string of the molecule is C[C@H](NC(=O)N1CCN(c2ncccn2)CC1)c1ccccn1. The van der Waals surface area contributed by atoms with Crippen LogP contribution < -0.4 is 10.2 Å². The lowest BCUT2D eigenvalue weighted by atomic mass is 10.2. The maximum absolute atomic E-state index is 12.4. The molecular formula is C16H20N6O. The quantitative estimate of drug-likeness (QED) is 0.929. The van der Waals surface area contributed by atoms with E-state index in [2.05, 4.69) is 25.2 Å². The average Bonchev–Trinajstić information content (AvgIpc) is 2.63. The molecule has 2 aromatic heterocycles. The van der Waals surface area contributed by atoms with Crippen LogP contribution in [-0.2, 0) is 0 Å². The van der Waals surface area contributed by atoms with Crippen LogP contribution in [0.15, 0.2) is 42.9 Å². The number of pyridine rings is 1. The molecule has 0 unspecified atom stereocenters. The summed E-state index contributed by atoms with van der Waals surface area (Å²) in [6, 6.07) is 7.32. The van der Waals surface area contributed by atoms with Crippen molar-refractivity contribution in [3.05, 3.63) is 48.5 Å². The highest BCUT2D eigenvalue weighted by molar-refractivity contribution is 5.75.